The largest absolute Gasteiger partial charge is 0.326 e. The van der Waals surface area contributed by atoms with Crippen molar-refractivity contribution in [3.63, 3.8) is 0 Å². The first-order chi connectivity index (χ1) is 8.08. The molecule has 0 aliphatic heterocycles. The number of benzene rings is 1. The molecule has 0 bridgehead atoms. The van der Waals surface area contributed by atoms with Gasteiger partial charge in [-0.3, -0.25) is 14.9 Å². The number of hydrogen-bond donors (Lipinski definition) is 1. The molecule has 0 radical (unpaired) electrons. The summed E-state index contributed by atoms with van der Waals surface area (Å²) >= 11 is 0. The third-order valence-electron chi connectivity index (χ3n) is 3.14. The van der Waals surface area contributed by atoms with Crippen LogP contribution in [-0.4, -0.2) is 10.8 Å². The normalized spacial score (nSPS) is 15.1. The Morgan fingerprint density at radius 2 is 2.18 bits per heavy atom. The van der Waals surface area contributed by atoms with Gasteiger partial charge >= 0.3 is 0 Å². The van der Waals surface area contributed by atoms with Gasteiger partial charge in [-0.15, -0.1) is 0 Å². The highest BCUT2D eigenvalue weighted by atomic mass is 16.6. The number of anilines is 1. The maximum Gasteiger partial charge on any atom is 0.272 e. The van der Waals surface area contributed by atoms with E-state index < -0.39 is 4.92 Å². The van der Waals surface area contributed by atoms with Gasteiger partial charge < -0.3 is 5.32 Å². The number of nitrogens with zero attached hydrogens (tertiary/aromatic N) is 1. The first-order valence-corrected chi connectivity index (χ1v) is 5.64. The number of nitro groups is 1. The quantitative estimate of drug-likeness (QED) is 0.645. The molecule has 1 fully saturated rings. The lowest BCUT2D eigenvalue weighted by molar-refractivity contribution is -0.385. The molecule has 0 saturated heterocycles. The summed E-state index contributed by atoms with van der Waals surface area (Å²) in [7, 11) is 0. The van der Waals surface area contributed by atoms with Crippen LogP contribution >= 0.6 is 0 Å². The van der Waals surface area contributed by atoms with E-state index in [-0.39, 0.29) is 17.5 Å². The molecule has 0 unspecified atom stereocenters. The summed E-state index contributed by atoms with van der Waals surface area (Å²) < 4.78 is 0. The van der Waals surface area contributed by atoms with Crippen molar-refractivity contribution in [1.29, 1.82) is 0 Å². The van der Waals surface area contributed by atoms with Gasteiger partial charge in [-0.25, -0.2) is 0 Å². The first kappa shape index (κ1) is 11.6. The molecule has 1 aliphatic rings. The van der Waals surface area contributed by atoms with Gasteiger partial charge in [-0.05, 0) is 31.9 Å². The zero-order chi connectivity index (χ0) is 12.4. The fourth-order valence-electron chi connectivity index (χ4n) is 1.85. The molecule has 0 atom stereocenters. The zero-order valence-electron chi connectivity index (χ0n) is 9.60. The summed E-state index contributed by atoms with van der Waals surface area (Å²) in [6.07, 6.45) is 2.99. The van der Waals surface area contributed by atoms with E-state index in [0.717, 1.165) is 19.3 Å². The predicted molar refractivity (Wildman–Crippen MR) is 63.8 cm³/mol. The molecule has 1 amide bonds. The van der Waals surface area contributed by atoms with Gasteiger partial charge in [-0.2, -0.15) is 0 Å². The molecule has 5 heteroatoms. The Hall–Kier alpha value is -1.91. The molecule has 5 nitrogen and oxygen atoms in total. The monoisotopic (exact) mass is 234 g/mol. The van der Waals surface area contributed by atoms with Gasteiger partial charge in [0, 0.05) is 23.2 Å². The Morgan fingerprint density at radius 1 is 1.47 bits per heavy atom. The maximum atomic E-state index is 11.7. The van der Waals surface area contributed by atoms with Crippen LogP contribution in [0.3, 0.4) is 0 Å². The van der Waals surface area contributed by atoms with Crippen LogP contribution in [0.5, 0.6) is 0 Å². The third-order valence-corrected chi connectivity index (χ3v) is 3.14. The van der Waals surface area contributed by atoms with Crippen LogP contribution in [0.4, 0.5) is 11.4 Å². The molecule has 2 rings (SSSR count). The Balaban J connectivity index is 2.09. The lowest BCUT2D eigenvalue weighted by Crippen LogP contribution is -2.28. The van der Waals surface area contributed by atoms with Gasteiger partial charge in [0.25, 0.3) is 5.69 Å². The summed E-state index contributed by atoms with van der Waals surface area (Å²) in [5, 5.41) is 13.4. The molecule has 1 aromatic rings. The second-order valence-corrected chi connectivity index (χ2v) is 4.38. The molecule has 90 valence electrons. The molecular weight excluding hydrogens is 220 g/mol. The van der Waals surface area contributed by atoms with Crippen LogP contribution in [0.1, 0.15) is 24.8 Å². The molecular formula is C12H14N2O3. The van der Waals surface area contributed by atoms with E-state index in [1.807, 2.05) is 0 Å². The molecule has 17 heavy (non-hydrogen) atoms. The Morgan fingerprint density at radius 3 is 2.65 bits per heavy atom. The summed E-state index contributed by atoms with van der Waals surface area (Å²) in [4.78, 5) is 21.9. The van der Waals surface area contributed by atoms with E-state index in [4.69, 9.17) is 0 Å². The van der Waals surface area contributed by atoms with Crippen molar-refractivity contribution in [2.75, 3.05) is 5.32 Å². The number of hydrogen-bond acceptors (Lipinski definition) is 3. The van der Waals surface area contributed by atoms with E-state index in [0.29, 0.717) is 11.3 Å². The van der Waals surface area contributed by atoms with Crippen molar-refractivity contribution < 1.29 is 9.72 Å². The minimum atomic E-state index is -0.424. The van der Waals surface area contributed by atoms with Crippen molar-refractivity contribution in [3.05, 3.63) is 33.9 Å². The van der Waals surface area contributed by atoms with Crippen LogP contribution in [0.15, 0.2) is 18.2 Å². The van der Waals surface area contributed by atoms with E-state index in [9.17, 15) is 14.9 Å². The van der Waals surface area contributed by atoms with Crippen LogP contribution < -0.4 is 5.32 Å². The van der Waals surface area contributed by atoms with Gasteiger partial charge in [0.2, 0.25) is 5.91 Å². The summed E-state index contributed by atoms with van der Waals surface area (Å²) in [6.45, 7) is 1.66. The number of nitrogens with one attached hydrogen (secondary N) is 1. The number of amides is 1. The van der Waals surface area contributed by atoms with E-state index in [1.165, 1.54) is 6.07 Å². The summed E-state index contributed by atoms with van der Waals surface area (Å²) in [5.41, 5.74) is 1.26. The predicted octanol–water partition coefficient (Wildman–Crippen LogP) is 2.64. The zero-order valence-corrected chi connectivity index (χ0v) is 9.60. The number of rotatable bonds is 3. The molecule has 1 aromatic carbocycles. The average Bonchev–Trinajstić information content (AvgIpc) is 2.13. The minimum Gasteiger partial charge on any atom is -0.326 e. The number of carbonyl (C=O) groups is 1. The van der Waals surface area contributed by atoms with Crippen LogP contribution in [0.2, 0.25) is 0 Å². The smallest absolute Gasteiger partial charge is 0.272 e. The maximum absolute atomic E-state index is 11.7. The van der Waals surface area contributed by atoms with Gasteiger partial charge in [0.15, 0.2) is 0 Å². The Kier molecular flexibility index (Phi) is 3.08. The second-order valence-electron chi connectivity index (χ2n) is 4.38. The van der Waals surface area contributed by atoms with Crippen molar-refractivity contribution in [2.24, 2.45) is 5.92 Å². The second kappa shape index (κ2) is 4.53. The molecule has 0 spiro atoms. The summed E-state index contributed by atoms with van der Waals surface area (Å²) in [6, 6.07) is 4.63. The van der Waals surface area contributed by atoms with E-state index in [1.54, 1.807) is 19.1 Å². The Labute approximate surface area is 99.0 Å². The van der Waals surface area contributed by atoms with Crippen molar-refractivity contribution in [2.45, 2.75) is 26.2 Å². The molecule has 1 N–H and O–H groups in total. The lowest BCUT2D eigenvalue weighted by Gasteiger charge is -2.24. The number of nitro benzene ring substituents is 1. The molecule has 0 aromatic heterocycles. The van der Waals surface area contributed by atoms with Gasteiger partial charge in [0.1, 0.15) is 0 Å². The fourth-order valence-corrected chi connectivity index (χ4v) is 1.85. The average molecular weight is 234 g/mol. The van der Waals surface area contributed by atoms with Crippen LogP contribution in [0.25, 0.3) is 0 Å². The fraction of sp³-hybridized carbons (Fsp3) is 0.417. The highest BCUT2D eigenvalue weighted by Crippen LogP contribution is 2.28. The minimum absolute atomic E-state index is 0.0181. The standard InChI is InChI=1S/C12H14N2O3/c1-8-7-10(5-6-11(8)14(16)17)13-12(15)9-3-2-4-9/h5-7,9H,2-4H2,1H3,(H,13,15). The van der Waals surface area contributed by atoms with Crippen molar-refractivity contribution >= 4 is 17.3 Å². The highest BCUT2D eigenvalue weighted by molar-refractivity contribution is 5.93. The first-order valence-electron chi connectivity index (χ1n) is 5.64. The molecule has 1 aliphatic carbocycles. The highest BCUT2D eigenvalue weighted by Gasteiger charge is 2.25. The molecule has 0 heterocycles. The van der Waals surface area contributed by atoms with Crippen LogP contribution in [0, 0.1) is 23.0 Å². The van der Waals surface area contributed by atoms with Gasteiger partial charge in [0.05, 0.1) is 4.92 Å². The van der Waals surface area contributed by atoms with Crippen molar-refractivity contribution in [3.8, 4) is 0 Å². The number of aryl methyl sites for hydroxylation is 1. The Bertz CT molecular complexity index is 467. The van der Waals surface area contributed by atoms with E-state index >= 15 is 0 Å². The van der Waals surface area contributed by atoms with Gasteiger partial charge in [-0.1, -0.05) is 6.42 Å². The summed E-state index contributed by atoms with van der Waals surface area (Å²) in [5.74, 6) is 0.134. The SMILES string of the molecule is Cc1cc(NC(=O)C2CCC2)ccc1[N+](=O)[O-]. The lowest BCUT2D eigenvalue weighted by atomic mass is 9.85. The van der Waals surface area contributed by atoms with E-state index in [2.05, 4.69) is 5.32 Å². The van der Waals surface area contributed by atoms with Crippen LogP contribution in [-0.2, 0) is 4.79 Å². The topological polar surface area (TPSA) is 72.2 Å². The third kappa shape index (κ3) is 2.43. The van der Waals surface area contributed by atoms with Crippen molar-refractivity contribution in [1.82, 2.24) is 0 Å². The number of carbonyl (C=O) groups excluding carboxylic acids is 1. The molecule has 1 saturated carbocycles.